The summed E-state index contributed by atoms with van der Waals surface area (Å²) in [5.74, 6) is 0.660. The molecule has 0 aromatic heterocycles. The minimum Gasteiger partial charge on any atom is -0.316 e. The maximum absolute atomic E-state index is 12.0. The number of rotatable bonds is 4. The summed E-state index contributed by atoms with van der Waals surface area (Å²) in [6.07, 6.45) is 0. The van der Waals surface area contributed by atoms with Gasteiger partial charge < -0.3 is 5.32 Å². The number of hydrogen-bond donors (Lipinski definition) is 1. The Bertz CT molecular complexity index is 491. The Morgan fingerprint density at radius 3 is 2.42 bits per heavy atom. The number of nitrogens with one attached hydrogen (secondary N) is 1. The van der Waals surface area contributed by atoms with Crippen molar-refractivity contribution in [2.45, 2.75) is 5.92 Å². The molecule has 0 radical (unpaired) electrons. The summed E-state index contributed by atoms with van der Waals surface area (Å²) in [5.41, 5.74) is 1.22. The van der Waals surface area contributed by atoms with E-state index in [1.165, 1.54) is 9.87 Å². The lowest BCUT2D eigenvalue weighted by Gasteiger charge is -2.21. The van der Waals surface area contributed by atoms with Gasteiger partial charge in [-0.25, -0.2) is 12.7 Å². The van der Waals surface area contributed by atoms with Crippen LogP contribution in [0, 0.1) is 5.92 Å². The molecule has 1 N–H and O–H groups in total. The second-order valence-electron chi connectivity index (χ2n) is 5.00. The zero-order chi connectivity index (χ0) is 13.2. The molecule has 2 atom stereocenters. The topological polar surface area (TPSA) is 49.4 Å². The van der Waals surface area contributed by atoms with Gasteiger partial charge in [0.25, 0.3) is 0 Å². The van der Waals surface area contributed by atoms with Crippen LogP contribution < -0.4 is 5.32 Å². The van der Waals surface area contributed by atoms with Crippen molar-refractivity contribution in [1.82, 2.24) is 9.62 Å². The summed E-state index contributed by atoms with van der Waals surface area (Å²) in [6, 6.07) is 10.1. The Hall–Kier alpha value is -0.620. The largest absolute Gasteiger partial charge is 0.316 e. The minimum atomic E-state index is -3.13. The van der Waals surface area contributed by atoms with E-state index in [1.54, 1.807) is 14.1 Å². The predicted octanol–water partition coefficient (Wildman–Crippen LogP) is 1.30. The van der Waals surface area contributed by atoms with Crippen LogP contribution in [-0.2, 0) is 10.0 Å². The van der Waals surface area contributed by atoms with E-state index in [-0.39, 0.29) is 24.1 Å². The first-order valence-electron chi connectivity index (χ1n) is 6.16. The van der Waals surface area contributed by atoms with E-state index in [4.69, 9.17) is 0 Å². The molecular weight excluding hydrogens is 284 g/mol. The number of benzene rings is 1. The van der Waals surface area contributed by atoms with Crippen molar-refractivity contribution in [1.29, 1.82) is 0 Å². The third kappa shape index (κ3) is 3.92. The molecule has 0 spiro atoms. The third-order valence-corrected chi connectivity index (χ3v) is 5.51. The summed E-state index contributed by atoms with van der Waals surface area (Å²) in [7, 11) is 0.0558. The molecule has 2 unspecified atom stereocenters. The van der Waals surface area contributed by atoms with E-state index in [2.05, 4.69) is 17.4 Å². The van der Waals surface area contributed by atoms with Gasteiger partial charge >= 0.3 is 0 Å². The van der Waals surface area contributed by atoms with Gasteiger partial charge in [-0.3, -0.25) is 0 Å². The molecular formula is C13H21ClN2O2S. The smallest absolute Gasteiger partial charge is 0.213 e. The fraction of sp³-hybridized carbons (Fsp3) is 0.538. The van der Waals surface area contributed by atoms with Crippen molar-refractivity contribution < 1.29 is 8.42 Å². The van der Waals surface area contributed by atoms with Gasteiger partial charge in [0.15, 0.2) is 0 Å². The van der Waals surface area contributed by atoms with Crippen LogP contribution in [-0.4, -0.2) is 45.7 Å². The molecule has 1 aromatic carbocycles. The van der Waals surface area contributed by atoms with Crippen LogP contribution in [0.1, 0.15) is 11.5 Å². The highest BCUT2D eigenvalue weighted by Gasteiger charge is 2.32. The van der Waals surface area contributed by atoms with Crippen LogP contribution in [0.2, 0.25) is 0 Å². The zero-order valence-corrected chi connectivity index (χ0v) is 12.9. The van der Waals surface area contributed by atoms with Crippen molar-refractivity contribution in [3.63, 3.8) is 0 Å². The molecule has 6 heteroatoms. The minimum absolute atomic E-state index is 0. The Balaban J connectivity index is 0.00000180. The lowest BCUT2D eigenvalue weighted by molar-refractivity contribution is 0.492. The summed E-state index contributed by atoms with van der Waals surface area (Å²) >= 11 is 0. The molecule has 0 amide bonds. The van der Waals surface area contributed by atoms with E-state index in [0.29, 0.717) is 5.92 Å². The second kappa shape index (κ2) is 6.70. The van der Waals surface area contributed by atoms with Crippen LogP contribution in [0.3, 0.4) is 0 Å². The first kappa shape index (κ1) is 16.4. The summed E-state index contributed by atoms with van der Waals surface area (Å²) in [5, 5.41) is 3.30. The molecule has 4 nitrogen and oxygen atoms in total. The van der Waals surface area contributed by atoms with Crippen molar-refractivity contribution in [2.24, 2.45) is 5.92 Å². The summed E-state index contributed by atoms with van der Waals surface area (Å²) < 4.78 is 25.2. The van der Waals surface area contributed by atoms with Gasteiger partial charge in [0, 0.05) is 26.6 Å². The highest BCUT2D eigenvalue weighted by atomic mass is 35.5. The first-order valence-corrected chi connectivity index (χ1v) is 7.77. The molecule has 19 heavy (non-hydrogen) atoms. The van der Waals surface area contributed by atoms with Gasteiger partial charge in [0.2, 0.25) is 10.0 Å². The Morgan fingerprint density at radius 2 is 1.84 bits per heavy atom. The van der Waals surface area contributed by atoms with Gasteiger partial charge in [0.1, 0.15) is 0 Å². The van der Waals surface area contributed by atoms with Gasteiger partial charge in [-0.2, -0.15) is 0 Å². The van der Waals surface area contributed by atoms with E-state index in [0.717, 1.165) is 13.1 Å². The monoisotopic (exact) mass is 304 g/mol. The highest BCUT2D eigenvalue weighted by Crippen LogP contribution is 2.29. The number of sulfonamides is 1. The first-order chi connectivity index (χ1) is 8.50. The molecule has 1 saturated heterocycles. The third-order valence-electron chi connectivity index (χ3n) is 3.55. The van der Waals surface area contributed by atoms with Crippen LogP contribution in [0.25, 0.3) is 0 Å². The van der Waals surface area contributed by atoms with E-state index < -0.39 is 10.0 Å². The number of hydrogen-bond acceptors (Lipinski definition) is 3. The molecule has 1 fully saturated rings. The Kier molecular flexibility index (Phi) is 5.80. The Morgan fingerprint density at radius 1 is 1.21 bits per heavy atom. The van der Waals surface area contributed by atoms with E-state index in [1.807, 2.05) is 18.2 Å². The molecule has 1 heterocycles. The molecule has 0 aliphatic carbocycles. The van der Waals surface area contributed by atoms with Crippen molar-refractivity contribution >= 4 is 22.4 Å². The van der Waals surface area contributed by atoms with E-state index in [9.17, 15) is 8.42 Å². The maximum atomic E-state index is 12.0. The van der Waals surface area contributed by atoms with Crippen molar-refractivity contribution in [2.75, 3.05) is 32.9 Å². The average Bonchev–Trinajstić information content (AvgIpc) is 2.77. The molecule has 0 bridgehead atoms. The Labute approximate surface area is 121 Å². The number of nitrogens with zero attached hydrogens (tertiary/aromatic N) is 1. The standard InChI is InChI=1S/C13H20N2O2S.ClH/c1-15(2)18(16,17)10-12-8-14-9-13(12)11-6-4-3-5-7-11;/h3-7,12-14H,8-10H2,1-2H3;1H. The highest BCUT2D eigenvalue weighted by molar-refractivity contribution is 7.89. The van der Waals surface area contributed by atoms with Gasteiger partial charge in [-0.1, -0.05) is 30.3 Å². The quantitative estimate of drug-likeness (QED) is 0.912. The van der Waals surface area contributed by atoms with E-state index >= 15 is 0 Å². The molecule has 108 valence electrons. The average molecular weight is 305 g/mol. The molecule has 1 aliphatic heterocycles. The summed E-state index contributed by atoms with van der Waals surface area (Å²) in [6.45, 7) is 1.63. The van der Waals surface area contributed by atoms with Gasteiger partial charge in [-0.05, 0) is 18.0 Å². The van der Waals surface area contributed by atoms with Crippen LogP contribution >= 0.6 is 12.4 Å². The molecule has 2 rings (SSSR count). The fourth-order valence-corrected chi connectivity index (χ4v) is 3.61. The maximum Gasteiger partial charge on any atom is 0.213 e. The zero-order valence-electron chi connectivity index (χ0n) is 11.2. The van der Waals surface area contributed by atoms with Crippen molar-refractivity contribution in [3.8, 4) is 0 Å². The normalized spacial score (nSPS) is 23.3. The molecule has 1 aromatic rings. The van der Waals surface area contributed by atoms with Crippen molar-refractivity contribution in [3.05, 3.63) is 35.9 Å². The fourth-order valence-electron chi connectivity index (χ4n) is 2.42. The number of halogens is 1. The van der Waals surface area contributed by atoms with Gasteiger partial charge in [0.05, 0.1) is 5.75 Å². The molecule has 0 saturated carbocycles. The molecule has 1 aliphatic rings. The van der Waals surface area contributed by atoms with Crippen LogP contribution in [0.4, 0.5) is 0 Å². The second-order valence-corrected chi connectivity index (χ2v) is 7.22. The lowest BCUT2D eigenvalue weighted by Crippen LogP contribution is -2.31. The predicted molar refractivity (Wildman–Crippen MR) is 80.3 cm³/mol. The van der Waals surface area contributed by atoms with Crippen LogP contribution in [0.5, 0.6) is 0 Å². The lowest BCUT2D eigenvalue weighted by atomic mass is 9.90. The summed E-state index contributed by atoms with van der Waals surface area (Å²) in [4.78, 5) is 0. The van der Waals surface area contributed by atoms with Crippen LogP contribution in [0.15, 0.2) is 30.3 Å². The van der Waals surface area contributed by atoms with Gasteiger partial charge in [-0.15, -0.1) is 12.4 Å². The SMILES string of the molecule is CN(C)S(=O)(=O)CC1CNCC1c1ccccc1.Cl.